The molecule has 0 saturated heterocycles. The molecule has 0 fully saturated rings. The van der Waals surface area contributed by atoms with Gasteiger partial charge in [-0.3, -0.25) is 4.68 Å². The minimum atomic E-state index is 0.672. The summed E-state index contributed by atoms with van der Waals surface area (Å²) >= 11 is 3.40. The summed E-state index contributed by atoms with van der Waals surface area (Å²) in [4.78, 5) is 4.40. The summed E-state index contributed by atoms with van der Waals surface area (Å²) in [5, 5.41) is 4.26. The largest absolute Gasteiger partial charge is 0.329 e. The van der Waals surface area contributed by atoms with Crippen LogP contribution in [-0.2, 0) is 13.1 Å². The van der Waals surface area contributed by atoms with Gasteiger partial charge in [0.1, 0.15) is 5.82 Å². The molecule has 19 heavy (non-hydrogen) atoms. The fraction of sp³-hybridized carbons (Fsp3) is 0.143. The molecule has 0 atom stereocenters. The quantitative estimate of drug-likeness (QED) is 0.742. The molecule has 0 bridgehead atoms. The minimum absolute atomic E-state index is 0.672. The molecule has 0 unspecified atom stereocenters. The fourth-order valence-electron chi connectivity index (χ4n) is 1.99. The first-order chi connectivity index (χ1) is 9.31. The first kappa shape index (κ1) is 12.2. The Bertz CT molecular complexity index is 657. The molecule has 0 aliphatic rings. The van der Waals surface area contributed by atoms with Gasteiger partial charge in [0.25, 0.3) is 0 Å². The van der Waals surface area contributed by atoms with Gasteiger partial charge in [-0.2, -0.15) is 5.10 Å². The Morgan fingerprint density at radius 3 is 2.68 bits per heavy atom. The average Bonchev–Trinajstić information content (AvgIpc) is 3.01. The van der Waals surface area contributed by atoms with Crippen LogP contribution >= 0.6 is 15.9 Å². The van der Waals surface area contributed by atoms with Crippen LogP contribution in [-0.4, -0.2) is 19.3 Å². The molecule has 0 amide bonds. The standard InChI is InChI=1S/C14H13BrN4/c15-13-8-17-19(10-13)11-14-16-6-7-18(14)9-12-4-2-1-3-5-12/h1-8,10H,9,11H2. The van der Waals surface area contributed by atoms with Crippen molar-refractivity contribution >= 4 is 15.9 Å². The lowest BCUT2D eigenvalue weighted by molar-refractivity contribution is 0.615. The molecule has 3 rings (SSSR count). The van der Waals surface area contributed by atoms with E-state index >= 15 is 0 Å². The van der Waals surface area contributed by atoms with Crippen LogP contribution in [0.1, 0.15) is 11.4 Å². The maximum atomic E-state index is 4.40. The molecule has 1 aromatic carbocycles. The normalized spacial score (nSPS) is 10.8. The van der Waals surface area contributed by atoms with Crippen LogP contribution in [0.3, 0.4) is 0 Å². The first-order valence-corrected chi connectivity index (χ1v) is 6.82. The summed E-state index contributed by atoms with van der Waals surface area (Å²) in [6, 6.07) is 10.4. The monoisotopic (exact) mass is 316 g/mol. The predicted molar refractivity (Wildman–Crippen MR) is 76.8 cm³/mol. The molecule has 2 aromatic heterocycles. The third-order valence-electron chi connectivity index (χ3n) is 2.90. The second-order valence-corrected chi connectivity index (χ2v) is 5.23. The van der Waals surface area contributed by atoms with Gasteiger partial charge in [0.2, 0.25) is 0 Å². The smallest absolute Gasteiger partial charge is 0.130 e. The fourth-order valence-corrected chi connectivity index (χ4v) is 2.31. The molecule has 0 spiro atoms. The number of imidazole rings is 1. The van der Waals surface area contributed by atoms with Crippen molar-refractivity contribution in [2.45, 2.75) is 13.1 Å². The van der Waals surface area contributed by atoms with Gasteiger partial charge in [-0.05, 0) is 21.5 Å². The number of hydrogen-bond acceptors (Lipinski definition) is 2. The van der Waals surface area contributed by atoms with Crippen LogP contribution in [0, 0.1) is 0 Å². The first-order valence-electron chi connectivity index (χ1n) is 6.03. The third-order valence-corrected chi connectivity index (χ3v) is 3.31. The molecular formula is C14H13BrN4. The van der Waals surface area contributed by atoms with E-state index in [0.29, 0.717) is 6.54 Å². The van der Waals surface area contributed by atoms with Gasteiger partial charge >= 0.3 is 0 Å². The van der Waals surface area contributed by atoms with Crippen LogP contribution in [0.4, 0.5) is 0 Å². The second kappa shape index (κ2) is 5.40. The van der Waals surface area contributed by atoms with Crippen molar-refractivity contribution in [3.63, 3.8) is 0 Å². The van der Waals surface area contributed by atoms with E-state index < -0.39 is 0 Å². The lowest BCUT2D eigenvalue weighted by Gasteiger charge is -2.08. The van der Waals surface area contributed by atoms with Crippen molar-refractivity contribution in [2.75, 3.05) is 0 Å². The Hall–Kier alpha value is -1.88. The molecule has 0 N–H and O–H groups in total. The Morgan fingerprint density at radius 1 is 1.11 bits per heavy atom. The van der Waals surface area contributed by atoms with Crippen molar-refractivity contribution in [3.05, 3.63) is 71.0 Å². The maximum Gasteiger partial charge on any atom is 0.130 e. The highest BCUT2D eigenvalue weighted by Crippen LogP contribution is 2.10. The van der Waals surface area contributed by atoms with E-state index in [9.17, 15) is 0 Å². The molecule has 5 heteroatoms. The molecule has 0 radical (unpaired) electrons. The summed E-state index contributed by atoms with van der Waals surface area (Å²) in [6.45, 7) is 1.50. The van der Waals surface area contributed by atoms with Crippen LogP contribution in [0.15, 0.2) is 59.6 Å². The van der Waals surface area contributed by atoms with E-state index in [1.807, 2.05) is 29.3 Å². The minimum Gasteiger partial charge on any atom is -0.329 e. The molecular weight excluding hydrogens is 304 g/mol. The van der Waals surface area contributed by atoms with E-state index in [1.54, 1.807) is 6.20 Å². The maximum absolute atomic E-state index is 4.40. The van der Waals surface area contributed by atoms with Gasteiger partial charge in [0.05, 0.1) is 17.2 Å². The van der Waals surface area contributed by atoms with Crippen molar-refractivity contribution in [2.24, 2.45) is 0 Å². The second-order valence-electron chi connectivity index (χ2n) is 4.31. The highest BCUT2D eigenvalue weighted by molar-refractivity contribution is 9.10. The number of hydrogen-bond donors (Lipinski definition) is 0. The number of halogens is 1. The summed E-state index contributed by atoms with van der Waals surface area (Å²) in [5.41, 5.74) is 1.27. The average molecular weight is 317 g/mol. The molecule has 0 aliphatic carbocycles. The Morgan fingerprint density at radius 2 is 1.95 bits per heavy atom. The Balaban J connectivity index is 1.79. The van der Waals surface area contributed by atoms with E-state index in [0.717, 1.165) is 16.8 Å². The zero-order chi connectivity index (χ0) is 13.1. The van der Waals surface area contributed by atoms with Gasteiger partial charge in [0.15, 0.2) is 0 Å². The van der Waals surface area contributed by atoms with Gasteiger partial charge in [-0.1, -0.05) is 30.3 Å². The lowest BCUT2D eigenvalue weighted by atomic mass is 10.2. The Labute approximate surface area is 119 Å². The molecule has 3 aromatic rings. The zero-order valence-electron chi connectivity index (χ0n) is 10.3. The highest BCUT2D eigenvalue weighted by Gasteiger charge is 2.05. The zero-order valence-corrected chi connectivity index (χ0v) is 11.9. The summed E-state index contributed by atoms with van der Waals surface area (Å²) in [6.07, 6.45) is 7.56. The molecule has 2 heterocycles. The van der Waals surface area contributed by atoms with Crippen LogP contribution < -0.4 is 0 Å². The van der Waals surface area contributed by atoms with Crippen molar-refractivity contribution in [3.8, 4) is 0 Å². The molecule has 0 aliphatic heterocycles. The number of aromatic nitrogens is 4. The molecule has 96 valence electrons. The van der Waals surface area contributed by atoms with Gasteiger partial charge in [0, 0.05) is 25.1 Å². The van der Waals surface area contributed by atoms with E-state index in [4.69, 9.17) is 0 Å². The summed E-state index contributed by atoms with van der Waals surface area (Å²) in [5.74, 6) is 0.999. The molecule has 4 nitrogen and oxygen atoms in total. The molecule has 0 saturated carbocycles. The van der Waals surface area contributed by atoms with Crippen LogP contribution in [0.25, 0.3) is 0 Å². The van der Waals surface area contributed by atoms with Gasteiger partial charge in [-0.15, -0.1) is 0 Å². The highest BCUT2D eigenvalue weighted by atomic mass is 79.9. The van der Waals surface area contributed by atoms with E-state index in [1.165, 1.54) is 5.56 Å². The summed E-state index contributed by atoms with van der Waals surface area (Å²) < 4.78 is 4.99. The summed E-state index contributed by atoms with van der Waals surface area (Å²) in [7, 11) is 0. The van der Waals surface area contributed by atoms with E-state index in [-0.39, 0.29) is 0 Å². The van der Waals surface area contributed by atoms with Gasteiger partial charge < -0.3 is 4.57 Å². The number of benzene rings is 1. The van der Waals surface area contributed by atoms with E-state index in [2.05, 4.69) is 54.8 Å². The van der Waals surface area contributed by atoms with Crippen LogP contribution in [0.2, 0.25) is 0 Å². The Kier molecular flexibility index (Phi) is 3.46. The number of rotatable bonds is 4. The lowest BCUT2D eigenvalue weighted by Crippen LogP contribution is -2.09. The number of nitrogens with zero attached hydrogens (tertiary/aromatic N) is 4. The third kappa shape index (κ3) is 2.93. The topological polar surface area (TPSA) is 35.6 Å². The predicted octanol–water partition coefficient (Wildman–Crippen LogP) is 2.94. The van der Waals surface area contributed by atoms with Crippen molar-refractivity contribution < 1.29 is 0 Å². The van der Waals surface area contributed by atoms with Crippen LogP contribution in [0.5, 0.6) is 0 Å². The van der Waals surface area contributed by atoms with Crippen molar-refractivity contribution in [1.82, 2.24) is 19.3 Å². The van der Waals surface area contributed by atoms with Crippen molar-refractivity contribution in [1.29, 1.82) is 0 Å². The SMILES string of the molecule is Brc1cnn(Cc2nccn2Cc2ccccc2)c1. The van der Waals surface area contributed by atoms with Gasteiger partial charge in [-0.25, -0.2) is 4.98 Å².